The van der Waals surface area contributed by atoms with E-state index in [2.05, 4.69) is 9.97 Å². The van der Waals surface area contributed by atoms with Gasteiger partial charge in [-0.3, -0.25) is 9.97 Å². The molecule has 1 heterocycles. The van der Waals surface area contributed by atoms with Gasteiger partial charge in [0.2, 0.25) is 0 Å². The van der Waals surface area contributed by atoms with Gasteiger partial charge in [-0.05, 0) is 23.8 Å². The smallest absolute Gasteiger partial charge is 0.123 e. The molecule has 3 rings (SSSR count). The van der Waals surface area contributed by atoms with Crippen molar-refractivity contribution >= 4 is 11.0 Å². The molecule has 0 aliphatic heterocycles. The van der Waals surface area contributed by atoms with E-state index in [1.54, 1.807) is 24.5 Å². The van der Waals surface area contributed by atoms with Crippen molar-refractivity contribution in [1.29, 1.82) is 0 Å². The molecule has 100 valence electrons. The molecule has 0 radical (unpaired) electrons. The maximum atomic E-state index is 13.2. The maximum Gasteiger partial charge on any atom is 0.123 e. The number of aliphatic hydroxyl groups excluding tert-OH is 1. The Bertz CT molecular complexity index is 740. The van der Waals surface area contributed by atoms with Crippen molar-refractivity contribution in [3.05, 3.63) is 71.8 Å². The van der Waals surface area contributed by atoms with E-state index in [-0.39, 0.29) is 5.82 Å². The van der Waals surface area contributed by atoms with Gasteiger partial charge in [-0.15, -0.1) is 0 Å². The molecule has 0 aliphatic rings. The number of aliphatic hydroxyl groups is 1. The Balaban J connectivity index is 1.94. The molecule has 1 N–H and O–H groups in total. The Hall–Kier alpha value is -2.33. The van der Waals surface area contributed by atoms with Crippen LogP contribution in [0.4, 0.5) is 4.39 Å². The summed E-state index contributed by atoms with van der Waals surface area (Å²) in [5.74, 6) is -0.299. The van der Waals surface area contributed by atoms with Crippen LogP contribution in [0.1, 0.15) is 17.2 Å². The van der Waals surface area contributed by atoms with Gasteiger partial charge in [0, 0.05) is 24.4 Å². The van der Waals surface area contributed by atoms with Gasteiger partial charge < -0.3 is 5.11 Å². The van der Waals surface area contributed by atoms with E-state index >= 15 is 0 Å². The van der Waals surface area contributed by atoms with Crippen LogP contribution in [-0.4, -0.2) is 15.1 Å². The molecular formula is C16H13FN2O. The zero-order chi connectivity index (χ0) is 13.9. The maximum absolute atomic E-state index is 13.2. The normalized spacial score (nSPS) is 12.5. The highest BCUT2D eigenvalue weighted by atomic mass is 19.1. The zero-order valence-electron chi connectivity index (χ0n) is 10.7. The Morgan fingerprint density at radius 1 is 1.05 bits per heavy atom. The number of fused-ring (bicyclic) bond motifs is 1. The summed E-state index contributed by atoms with van der Waals surface area (Å²) in [5, 5.41) is 10.4. The molecule has 3 nitrogen and oxygen atoms in total. The van der Waals surface area contributed by atoms with Crippen LogP contribution in [0, 0.1) is 5.82 Å². The van der Waals surface area contributed by atoms with Gasteiger partial charge in [0.05, 0.1) is 17.1 Å². The highest BCUT2D eigenvalue weighted by Gasteiger charge is 2.13. The fraction of sp³-hybridized carbons (Fsp3) is 0.125. The summed E-state index contributed by atoms with van der Waals surface area (Å²) < 4.78 is 13.2. The van der Waals surface area contributed by atoms with E-state index in [0.29, 0.717) is 17.5 Å². The Kier molecular flexibility index (Phi) is 3.39. The van der Waals surface area contributed by atoms with Crippen molar-refractivity contribution in [2.45, 2.75) is 12.5 Å². The van der Waals surface area contributed by atoms with Crippen LogP contribution in [0.3, 0.4) is 0 Å². The molecule has 0 fully saturated rings. The van der Waals surface area contributed by atoms with Crippen molar-refractivity contribution in [2.24, 2.45) is 0 Å². The topological polar surface area (TPSA) is 46.0 Å². The third-order valence-corrected chi connectivity index (χ3v) is 3.21. The fourth-order valence-corrected chi connectivity index (χ4v) is 2.28. The lowest BCUT2D eigenvalue weighted by molar-refractivity contribution is 0.179. The SMILES string of the molecule is OC(Cc1cccc(F)c1)c1cccc2nccnc12. The van der Waals surface area contributed by atoms with Crippen LogP contribution in [0.2, 0.25) is 0 Å². The minimum absolute atomic E-state index is 0.299. The fourth-order valence-electron chi connectivity index (χ4n) is 2.28. The van der Waals surface area contributed by atoms with Crippen LogP contribution in [-0.2, 0) is 6.42 Å². The second-order valence-corrected chi connectivity index (χ2v) is 4.62. The van der Waals surface area contributed by atoms with Gasteiger partial charge in [0.25, 0.3) is 0 Å². The first-order valence-electron chi connectivity index (χ1n) is 6.36. The number of halogens is 1. The first-order chi connectivity index (χ1) is 9.74. The number of hydrogen-bond acceptors (Lipinski definition) is 3. The van der Waals surface area contributed by atoms with Gasteiger partial charge >= 0.3 is 0 Å². The van der Waals surface area contributed by atoms with Crippen molar-refractivity contribution in [2.75, 3.05) is 0 Å². The third kappa shape index (κ3) is 2.51. The number of hydrogen-bond donors (Lipinski definition) is 1. The Morgan fingerprint density at radius 3 is 2.70 bits per heavy atom. The van der Waals surface area contributed by atoms with Gasteiger partial charge in [-0.1, -0.05) is 24.3 Å². The number of aromatic nitrogens is 2. The molecule has 1 unspecified atom stereocenters. The number of benzene rings is 2. The van der Waals surface area contributed by atoms with E-state index in [4.69, 9.17) is 0 Å². The summed E-state index contributed by atoms with van der Waals surface area (Å²) in [7, 11) is 0. The second-order valence-electron chi connectivity index (χ2n) is 4.62. The van der Waals surface area contributed by atoms with Crippen molar-refractivity contribution < 1.29 is 9.50 Å². The summed E-state index contributed by atoms with van der Waals surface area (Å²) in [4.78, 5) is 8.48. The summed E-state index contributed by atoms with van der Waals surface area (Å²) in [5.41, 5.74) is 2.88. The molecule has 2 aromatic carbocycles. The zero-order valence-corrected chi connectivity index (χ0v) is 10.7. The number of nitrogens with zero attached hydrogens (tertiary/aromatic N) is 2. The number of para-hydroxylation sites is 1. The Labute approximate surface area is 115 Å². The molecular weight excluding hydrogens is 255 g/mol. The second kappa shape index (κ2) is 5.35. The summed E-state index contributed by atoms with van der Waals surface area (Å²) in [6, 6.07) is 11.8. The van der Waals surface area contributed by atoms with E-state index in [9.17, 15) is 9.50 Å². The minimum atomic E-state index is -0.739. The summed E-state index contributed by atoms with van der Waals surface area (Å²) in [6.07, 6.45) is 2.82. The monoisotopic (exact) mass is 268 g/mol. The lowest BCUT2D eigenvalue weighted by atomic mass is 10.00. The molecule has 0 spiro atoms. The molecule has 0 saturated heterocycles. The minimum Gasteiger partial charge on any atom is -0.388 e. The summed E-state index contributed by atoms with van der Waals surface area (Å²) in [6.45, 7) is 0. The predicted octanol–water partition coefficient (Wildman–Crippen LogP) is 3.05. The lowest BCUT2D eigenvalue weighted by Crippen LogP contribution is -2.04. The van der Waals surface area contributed by atoms with Crippen LogP contribution in [0.15, 0.2) is 54.9 Å². The number of rotatable bonds is 3. The van der Waals surface area contributed by atoms with Crippen LogP contribution in [0.5, 0.6) is 0 Å². The molecule has 0 bridgehead atoms. The van der Waals surface area contributed by atoms with Crippen molar-refractivity contribution in [1.82, 2.24) is 9.97 Å². The average molecular weight is 268 g/mol. The standard InChI is InChI=1S/C16H13FN2O/c17-12-4-1-3-11(9-12)10-15(20)13-5-2-6-14-16(13)19-8-7-18-14/h1-9,15,20H,10H2. The molecule has 0 saturated carbocycles. The molecule has 4 heteroatoms. The molecule has 1 aromatic heterocycles. The molecule has 0 aliphatic carbocycles. The quantitative estimate of drug-likeness (QED) is 0.794. The van der Waals surface area contributed by atoms with E-state index < -0.39 is 6.10 Å². The van der Waals surface area contributed by atoms with Crippen LogP contribution in [0.25, 0.3) is 11.0 Å². The van der Waals surface area contributed by atoms with E-state index in [1.165, 1.54) is 12.1 Å². The molecule has 0 amide bonds. The lowest BCUT2D eigenvalue weighted by Gasteiger charge is -2.13. The van der Waals surface area contributed by atoms with Crippen LogP contribution < -0.4 is 0 Å². The van der Waals surface area contributed by atoms with Crippen molar-refractivity contribution in [3.8, 4) is 0 Å². The third-order valence-electron chi connectivity index (χ3n) is 3.21. The highest BCUT2D eigenvalue weighted by Crippen LogP contribution is 2.24. The van der Waals surface area contributed by atoms with Crippen molar-refractivity contribution in [3.63, 3.8) is 0 Å². The van der Waals surface area contributed by atoms with E-state index in [1.807, 2.05) is 18.2 Å². The van der Waals surface area contributed by atoms with Gasteiger partial charge in [0.1, 0.15) is 5.82 Å². The van der Waals surface area contributed by atoms with Gasteiger partial charge in [0.15, 0.2) is 0 Å². The predicted molar refractivity (Wildman–Crippen MR) is 74.6 cm³/mol. The van der Waals surface area contributed by atoms with Gasteiger partial charge in [-0.2, -0.15) is 0 Å². The average Bonchev–Trinajstić information content (AvgIpc) is 2.46. The van der Waals surface area contributed by atoms with E-state index in [0.717, 1.165) is 11.1 Å². The highest BCUT2D eigenvalue weighted by molar-refractivity contribution is 5.77. The first-order valence-corrected chi connectivity index (χ1v) is 6.36. The Morgan fingerprint density at radius 2 is 1.85 bits per heavy atom. The van der Waals surface area contributed by atoms with Crippen LogP contribution >= 0.6 is 0 Å². The first kappa shape index (κ1) is 12.7. The molecule has 20 heavy (non-hydrogen) atoms. The summed E-state index contributed by atoms with van der Waals surface area (Å²) >= 11 is 0. The van der Waals surface area contributed by atoms with Gasteiger partial charge in [-0.25, -0.2) is 4.39 Å². The largest absolute Gasteiger partial charge is 0.388 e. The molecule has 3 aromatic rings. The molecule has 1 atom stereocenters.